The van der Waals surface area contributed by atoms with E-state index in [9.17, 15) is 4.79 Å². The Morgan fingerprint density at radius 2 is 1.93 bits per heavy atom. The Hall–Kier alpha value is -3.11. The lowest BCUT2D eigenvalue weighted by atomic mass is 10.2. The molecule has 0 atom stereocenters. The van der Waals surface area contributed by atoms with Crippen LogP contribution in [0.15, 0.2) is 42.6 Å². The highest BCUT2D eigenvalue weighted by molar-refractivity contribution is 5.92. The number of tetrazole rings is 1. The van der Waals surface area contributed by atoms with Gasteiger partial charge in [0.25, 0.3) is 5.91 Å². The zero-order valence-corrected chi connectivity index (χ0v) is 16.1. The van der Waals surface area contributed by atoms with Crippen molar-refractivity contribution in [2.45, 2.75) is 13.1 Å². The number of nitrogens with zero attached hydrogens (tertiary/aromatic N) is 7. The van der Waals surface area contributed by atoms with Gasteiger partial charge in [0.1, 0.15) is 5.69 Å². The van der Waals surface area contributed by atoms with Crippen molar-refractivity contribution < 1.29 is 9.53 Å². The first-order chi connectivity index (χ1) is 14.3. The highest BCUT2D eigenvalue weighted by Gasteiger charge is 2.12. The SMILES string of the molecule is O=C(NCCCN1CCOCC1)c1ccn(Cn2nnc(-c3ccccc3)n2)n1. The van der Waals surface area contributed by atoms with E-state index in [1.54, 1.807) is 16.9 Å². The molecular weight excluding hydrogens is 372 g/mol. The second kappa shape index (κ2) is 9.39. The molecule has 1 N–H and O–H groups in total. The number of benzene rings is 1. The van der Waals surface area contributed by atoms with E-state index in [2.05, 4.69) is 30.7 Å². The molecule has 0 unspecified atom stereocenters. The quantitative estimate of drug-likeness (QED) is 0.553. The van der Waals surface area contributed by atoms with Crippen molar-refractivity contribution in [3.05, 3.63) is 48.3 Å². The lowest BCUT2D eigenvalue weighted by Gasteiger charge is -2.26. The summed E-state index contributed by atoms with van der Waals surface area (Å²) >= 11 is 0. The third-order valence-corrected chi connectivity index (χ3v) is 4.67. The van der Waals surface area contributed by atoms with Crippen LogP contribution in [-0.4, -0.2) is 80.2 Å². The van der Waals surface area contributed by atoms with Crippen LogP contribution in [0.1, 0.15) is 16.9 Å². The van der Waals surface area contributed by atoms with E-state index in [0.29, 0.717) is 18.1 Å². The average molecular weight is 396 g/mol. The van der Waals surface area contributed by atoms with Gasteiger partial charge in [-0.05, 0) is 24.2 Å². The number of ether oxygens (including phenoxy) is 1. The molecule has 152 valence electrons. The van der Waals surface area contributed by atoms with Crippen LogP contribution in [-0.2, 0) is 11.4 Å². The minimum atomic E-state index is -0.178. The summed E-state index contributed by atoms with van der Waals surface area (Å²) in [5.74, 6) is 0.373. The zero-order valence-electron chi connectivity index (χ0n) is 16.1. The first kappa shape index (κ1) is 19.2. The molecule has 0 saturated carbocycles. The third-order valence-electron chi connectivity index (χ3n) is 4.67. The van der Waals surface area contributed by atoms with Gasteiger partial charge in [-0.2, -0.15) is 5.10 Å². The van der Waals surface area contributed by atoms with Crippen molar-refractivity contribution in [1.29, 1.82) is 0 Å². The van der Waals surface area contributed by atoms with Gasteiger partial charge in [0.05, 0.1) is 13.2 Å². The number of hydrogen-bond donors (Lipinski definition) is 1. The van der Waals surface area contributed by atoms with E-state index in [0.717, 1.165) is 44.8 Å². The molecule has 1 fully saturated rings. The van der Waals surface area contributed by atoms with E-state index in [1.807, 2.05) is 30.3 Å². The highest BCUT2D eigenvalue weighted by atomic mass is 16.5. The van der Waals surface area contributed by atoms with Crippen molar-refractivity contribution >= 4 is 5.91 Å². The van der Waals surface area contributed by atoms with Crippen LogP contribution >= 0.6 is 0 Å². The molecule has 2 aromatic heterocycles. The Kier molecular flexibility index (Phi) is 6.22. The summed E-state index contributed by atoms with van der Waals surface area (Å²) in [5, 5.41) is 19.7. The van der Waals surface area contributed by atoms with E-state index in [4.69, 9.17) is 4.74 Å². The molecule has 0 bridgehead atoms. The van der Waals surface area contributed by atoms with E-state index in [-0.39, 0.29) is 12.6 Å². The monoisotopic (exact) mass is 396 g/mol. The normalized spacial score (nSPS) is 14.8. The molecule has 3 aromatic rings. The lowest BCUT2D eigenvalue weighted by molar-refractivity contribution is 0.0374. The van der Waals surface area contributed by atoms with Crippen LogP contribution in [0, 0.1) is 0 Å². The first-order valence-electron chi connectivity index (χ1n) is 9.73. The Balaban J connectivity index is 1.25. The standard InChI is InChI=1S/C19H24N8O2/c28-19(20-8-4-9-25-11-13-29-14-12-25)17-7-10-26(22-17)15-27-23-18(21-24-27)16-5-2-1-3-6-16/h1-3,5-7,10H,4,8-9,11-15H2,(H,20,28). The molecule has 1 amide bonds. The van der Waals surface area contributed by atoms with Crippen LogP contribution in [0.5, 0.6) is 0 Å². The number of rotatable bonds is 8. The fraction of sp³-hybridized carbons (Fsp3) is 0.421. The number of amides is 1. The van der Waals surface area contributed by atoms with Gasteiger partial charge in [-0.25, -0.2) is 4.68 Å². The van der Waals surface area contributed by atoms with E-state index in [1.165, 1.54) is 4.80 Å². The molecule has 1 aliphatic heterocycles. The zero-order chi connectivity index (χ0) is 19.9. The number of morpholine rings is 1. The number of aromatic nitrogens is 6. The van der Waals surface area contributed by atoms with Gasteiger partial charge in [-0.15, -0.1) is 15.0 Å². The van der Waals surface area contributed by atoms with Gasteiger partial charge in [-0.1, -0.05) is 30.3 Å². The summed E-state index contributed by atoms with van der Waals surface area (Å²) in [4.78, 5) is 16.1. The van der Waals surface area contributed by atoms with E-state index >= 15 is 0 Å². The molecule has 0 aliphatic carbocycles. The fourth-order valence-electron chi connectivity index (χ4n) is 3.12. The van der Waals surface area contributed by atoms with Gasteiger partial charge >= 0.3 is 0 Å². The summed E-state index contributed by atoms with van der Waals surface area (Å²) < 4.78 is 6.94. The summed E-state index contributed by atoms with van der Waals surface area (Å²) in [6, 6.07) is 11.3. The number of hydrogen-bond acceptors (Lipinski definition) is 7. The third kappa shape index (κ3) is 5.24. The maximum Gasteiger partial charge on any atom is 0.271 e. The molecule has 10 heteroatoms. The predicted molar refractivity (Wildman–Crippen MR) is 105 cm³/mol. The molecule has 4 rings (SSSR count). The van der Waals surface area contributed by atoms with Crippen molar-refractivity contribution in [2.24, 2.45) is 0 Å². The van der Waals surface area contributed by atoms with Gasteiger partial charge in [0.2, 0.25) is 5.82 Å². The van der Waals surface area contributed by atoms with Crippen molar-refractivity contribution in [2.75, 3.05) is 39.4 Å². The molecule has 1 aromatic carbocycles. The Bertz CT molecular complexity index is 917. The Morgan fingerprint density at radius 3 is 2.76 bits per heavy atom. The minimum Gasteiger partial charge on any atom is -0.379 e. The predicted octanol–water partition coefficient (Wildman–Crippen LogP) is 0.495. The van der Waals surface area contributed by atoms with Crippen molar-refractivity contribution in [3.63, 3.8) is 0 Å². The maximum atomic E-state index is 12.3. The molecule has 29 heavy (non-hydrogen) atoms. The van der Waals surface area contributed by atoms with Crippen LogP contribution in [0.4, 0.5) is 0 Å². The summed E-state index contributed by atoms with van der Waals surface area (Å²) in [6.07, 6.45) is 2.63. The topological polar surface area (TPSA) is 103 Å². The molecule has 1 saturated heterocycles. The van der Waals surface area contributed by atoms with Crippen LogP contribution < -0.4 is 5.32 Å². The molecule has 0 radical (unpaired) electrons. The molecule has 3 heterocycles. The van der Waals surface area contributed by atoms with Crippen LogP contribution in [0.2, 0.25) is 0 Å². The fourth-order valence-corrected chi connectivity index (χ4v) is 3.12. The van der Waals surface area contributed by atoms with Gasteiger partial charge < -0.3 is 10.1 Å². The summed E-state index contributed by atoms with van der Waals surface area (Å²) in [7, 11) is 0. The molecule has 0 spiro atoms. The largest absolute Gasteiger partial charge is 0.379 e. The molecule has 10 nitrogen and oxygen atoms in total. The Labute approximate surface area is 168 Å². The van der Waals surface area contributed by atoms with E-state index < -0.39 is 0 Å². The smallest absolute Gasteiger partial charge is 0.271 e. The van der Waals surface area contributed by atoms with Gasteiger partial charge in [0.15, 0.2) is 6.67 Å². The maximum absolute atomic E-state index is 12.3. The number of nitrogens with one attached hydrogen (secondary N) is 1. The summed E-state index contributed by atoms with van der Waals surface area (Å²) in [6.45, 7) is 5.36. The van der Waals surface area contributed by atoms with Gasteiger partial charge in [-0.3, -0.25) is 9.69 Å². The Morgan fingerprint density at radius 1 is 1.10 bits per heavy atom. The summed E-state index contributed by atoms with van der Waals surface area (Å²) in [5.41, 5.74) is 1.27. The number of carbonyl (C=O) groups is 1. The molecule has 1 aliphatic rings. The highest BCUT2D eigenvalue weighted by Crippen LogP contribution is 2.11. The molecular formula is C19H24N8O2. The van der Waals surface area contributed by atoms with Crippen LogP contribution in [0.25, 0.3) is 11.4 Å². The lowest BCUT2D eigenvalue weighted by Crippen LogP contribution is -2.38. The van der Waals surface area contributed by atoms with Gasteiger partial charge in [0, 0.05) is 31.4 Å². The average Bonchev–Trinajstić information content (AvgIpc) is 3.43. The second-order valence-electron chi connectivity index (χ2n) is 6.80. The van der Waals surface area contributed by atoms with Crippen molar-refractivity contribution in [1.82, 2.24) is 40.2 Å². The van der Waals surface area contributed by atoms with Crippen molar-refractivity contribution in [3.8, 4) is 11.4 Å². The van der Waals surface area contributed by atoms with Crippen LogP contribution in [0.3, 0.4) is 0 Å². The number of carbonyl (C=O) groups excluding carboxylic acids is 1. The minimum absolute atomic E-state index is 0.178. The second-order valence-corrected chi connectivity index (χ2v) is 6.80. The first-order valence-corrected chi connectivity index (χ1v) is 9.73.